The topological polar surface area (TPSA) is 66.8 Å². The number of fused-ring (bicyclic) bond motifs is 1. The smallest absolute Gasteiger partial charge is 0.334 e. The summed E-state index contributed by atoms with van der Waals surface area (Å²) in [4.78, 5) is 25.8. The molecule has 1 aliphatic rings. The lowest BCUT2D eigenvalue weighted by Gasteiger charge is -2.30. The minimum atomic E-state index is -1.02. The summed E-state index contributed by atoms with van der Waals surface area (Å²) in [5.41, 5.74) is 0. The van der Waals surface area contributed by atoms with Crippen molar-refractivity contribution in [2.75, 3.05) is 25.4 Å². The minimum absolute atomic E-state index is 0.0577. The highest BCUT2D eigenvalue weighted by atomic mass is 32.2. The average Bonchev–Trinajstić information content (AvgIpc) is 2.59. The summed E-state index contributed by atoms with van der Waals surface area (Å²) < 4.78 is 5.13. The van der Waals surface area contributed by atoms with Crippen LogP contribution in [-0.2, 0) is 14.3 Å². The van der Waals surface area contributed by atoms with Crippen LogP contribution < -0.4 is 0 Å². The number of amides is 1. The van der Waals surface area contributed by atoms with Crippen LogP contribution in [0.1, 0.15) is 0 Å². The molecule has 2 aromatic carbocycles. The molecule has 0 aliphatic carbocycles. The molecule has 3 rings (SSSR count). The van der Waals surface area contributed by atoms with E-state index in [1.807, 2.05) is 30.3 Å². The molecular formula is C17H17NO4S. The molecule has 1 unspecified atom stereocenters. The van der Waals surface area contributed by atoms with Gasteiger partial charge in [0.1, 0.15) is 0 Å². The zero-order chi connectivity index (χ0) is 16.2. The van der Waals surface area contributed by atoms with Gasteiger partial charge in [-0.3, -0.25) is 4.79 Å². The predicted molar refractivity (Wildman–Crippen MR) is 88.6 cm³/mol. The van der Waals surface area contributed by atoms with Crippen LogP contribution in [0.5, 0.6) is 0 Å². The summed E-state index contributed by atoms with van der Waals surface area (Å²) in [6, 6.07) is 14.2. The van der Waals surface area contributed by atoms with Crippen LogP contribution in [0, 0.1) is 0 Å². The Balaban J connectivity index is 1.60. The number of benzene rings is 2. The summed E-state index contributed by atoms with van der Waals surface area (Å²) in [5, 5.41) is 11.3. The molecule has 1 N–H and O–H groups in total. The van der Waals surface area contributed by atoms with Crippen molar-refractivity contribution in [2.45, 2.75) is 11.0 Å². The molecule has 1 saturated heterocycles. The van der Waals surface area contributed by atoms with Crippen LogP contribution in [0.2, 0.25) is 0 Å². The lowest BCUT2D eigenvalue weighted by molar-refractivity contribution is -0.158. The van der Waals surface area contributed by atoms with Crippen molar-refractivity contribution in [1.82, 2.24) is 4.90 Å². The number of carbonyl (C=O) groups is 2. The summed E-state index contributed by atoms with van der Waals surface area (Å²) in [6.45, 7) is 0.830. The first kappa shape index (κ1) is 15.8. The van der Waals surface area contributed by atoms with Crippen LogP contribution in [0.4, 0.5) is 0 Å². The number of carbonyl (C=O) groups excluding carboxylic acids is 1. The number of nitrogens with zero attached hydrogens (tertiary/aromatic N) is 1. The molecule has 120 valence electrons. The zero-order valence-electron chi connectivity index (χ0n) is 12.5. The third-order valence-corrected chi connectivity index (χ3v) is 4.76. The van der Waals surface area contributed by atoms with E-state index in [2.05, 4.69) is 12.1 Å². The molecule has 1 atom stereocenters. The summed E-state index contributed by atoms with van der Waals surface area (Å²) in [5.74, 6) is -0.785. The fraction of sp³-hybridized carbons (Fsp3) is 0.294. The van der Waals surface area contributed by atoms with Gasteiger partial charge in [-0.1, -0.05) is 30.3 Å². The maximum atomic E-state index is 12.3. The van der Waals surface area contributed by atoms with Crippen molar-refractivity contribution >= 4 is 34.4 Å². The molecule has 1 amide bonds. The molecule has 1 fully saturated rings. The quantitative estimate of drug-likeness (QED) is 0.871. The Labute approximate surface area is 138 Å². The van der Waals surface area contributed by atoms with E-state index in [4.69, 9.17) is 9.84 Å². The highest BCUT2D eigenvalue weighted by Crippen LogP contribution is 2.24. The number of carboxylic acid groups (broad SMARTS) is 1. The van der Waals surface area contributed by atoms with Gasteiger partial charge in [-0.05, 0) is 22.9 Å². The van der Waals surface area contributed by atoms with Gasteiger partial charge in [-0.15, -0.1) is 11.8 Å². The van der Waals surface area contributed by atoms with Gasteiger partial charge in [0, 0.05) is 11.4 Å². The van der Waals surface area contributed by atoms with E-state index in [1.54, 1.807) is 4.90 Å². The zero-order valence-corrected chi connectivity index (χ0v) is 13.3. The van der Waals surface area contributed by atoms with Gasteiger partial charge in [0.25, 0.3) is 0 Å². The van der Waals surface area contributed by atoms with Gasteiger partial charge in [0.2, 0.25) is 5.91 Å². The Kier molecular flexibility index (Phi) is 4.83. The van der Waals surface area contributed by atoms with Crippen molar-refractivity contribution in [1.29, 1.82) is 0 Å². The van der Waals surface area contributed by atoms with Gasteiger partial charge in [0.05, 0.1) is 18.9 Å². The van der Waals surface area contributed by atoms with Crippen molar-refractivity contribution in [3.63, 3.8) is 0 Å². The first-order chi connectivity index (χ1) is 11.1. The third-order valence-electron chi connectivity index (χ3n) is 3.78. The van der Waals surface area contributed by atoms with E-state index >= 15 is 0 Å². The van der Waals surface area contributed by atoms with Gasteiger partial charge in [-0.25, -0.2) is 4.79 Å². The second-order valence-corrected chi connectivity index (χ2v) is 6.38. The Morgan fingerprint density at radius 3 is 2.78 bits per heavy atom. The number of hydrogen-bond donors (Lipinski definition) is 1. The first-order valence-electron chi connectivity index (χ1n) is 7.37. The third kappa shape index (κ3) is 3.83. The first-order valence-corrected chi connectivity index (χ1v) is 8.36. The lowest BCUT2D eigenvalue weighted by Crippen LogP contribution is -2.49. The van der Waals surface area contributed by atoms with Crippen molar-refractivity contribution in [3.05, 3.63) is 42.5 Å². The average molecular weight is 331 g/mol. The maximum absolute atomic E-state index is 12.3. The molecular weight excluding hydrogens is 314 g/mol. The molecule has 1 heterocycles. The number of hydrogen-bond acceptors (Lipinski definition) is 4. The molecule has 0 spiro atoms. The molecule has 0 saturated carbocycles. The number of thioether (sulfide) groups is 1. The largest absolute Gasteiger partial charge is 0.479 e. The number of aliphatic carboxylic acids is 1. The molecule has 1 aliphatic heterocycles. The maximum Gasteiger partial charge on any atom is 0.334 e. The number of rotatable bonds is 4. The highest BCUT2D eigenvalue weighted by molar-refractivity contribution is 8.00. The van der Waals surface area contributed by atoms with E-state index in [9.17, 15) is 9.59 Å². The van der Waals surface area contributed by atoms with Crippen LogP contribution in [-0.4, -0.2) is 53.4 Å². The molecule has 2 aromatic rings. The molecule has 0 radical (unpaired) electrons. The van der Waals surface area contributed by atoms with E-state index in [1.165, 1.54) is 17.1 Å². The summed E-state index contributed by atoms with van der Waals surface area (Å²) >= 11 is 1.47. The Hall–Kier alpha value is -2.05. The van der Waals surface area contributed by atoms with Crippen LogP contribution in [0.3, 0.4) is 0 Å². The van der Waals surface area contributed by atoms with E-state index in [0.717, 1.165) is 10.3 Å². The highest BCUT2D eigenvalue weighted by Gasteiger charge is 2.28. The van der Waals surface area contributed by atoms with Gasteiger partial charge in [-0.2, -0.15) is 0 Å². The molecule has 5 nitrogen and oxygen atoms in total. The Morgan fingerprint density at radius 1 is 1.22 bits per heavy atom. The van der Waals surface area contributed by atoms with Crippen molar-refractivity contribution in [2.24, 2.45) is 0 Å². The van der Waals surface area contributed by atoms with Gasteiger partial charge >= 0.3 is 5.97 Å². The summed E-state index contributed by atoms with van der Waals surface area (Å²) in [6.07, 6.45) is -0.918. The Bertz CT molecular complexity index is 733. The standard InChI is InChI=1S/C17H17NO4S/c19-16(18-7-8-22-15(10-18)17(20)21)11-23-14-6-5-12-3-1-2-4-13(12)9-14/h1-6,9,15H,7-8,10-11H2,(H,20,21). The SMILES string of the molecule is O=C(O)C1CN(C(=O)CSc2ccc3ccccc3c2)CCO1. The van der Waals surface area contributed by atoms with Crippen LogP contribution in [0.25, 0.3) is 10.8 Å². The van der Waals surface area contributed by atoms with Gasteiger partial charge in [0.15, 0.2) is 6.10 Å². The predicted octanol–water partition coefficient (Wildman–Crippen LogP) is 2.24. The normalized spacial score (nSPS) is 18.1. The second-order valence-electron chi connectivity index (χ2n) is 5.34. The number of ether oxygens (including phenoxy) is 1. The minimum Gasteiger partial charge on any atom is -0.479 e. The van der Waals surface area contributed by atoms with Crippen molar-refractivity contribution < 1.29 is 19.4 Å². The lowest BCUT2D eigenvalue weighted by atomic mass is 10.1. The van der Waals surface area contributed by atoms with E-state index < -0.39 is 12.1 Å². The van der Waals surface area contributed by atoms with Crippen molar-refractivity contribution in [3.8, 4) is 0 Å². The molecule has 23 heavy (non-hydrogen) atoms. The van der Waals surface area contributed by atoms with Gasteiger partial charge < -0.3 is 14.7 Å². The Morgan fingerprint density at radius 2 is 2.00 bits per heavy atom. The molecule has 0 bridgehead atoms. The fourth-order valence-electron chi connectivity index (χ4n) is 2.52. The van der Waals surface area contributed by atoms with E-state index in [0.29, 0.717) is 12.3 Å². The van der Waals surface area contributed by atoms with Crippen LogP contribution >= 0.6 is 11.8 Å². The van der Waals surface area contributed by atoms with Crippen LogP contribution in [0.15, 0.2) is 47.4 Å². The fourth-order valence-corrected chi connectivity index (χ4v) is 3.37. The number of morpholine rings is 1. The van der Waals surface area contributed by atoms with E-state index in [-0.39, 0.29) is 19.1 Å². The molecule has 6 heteroatoms. The molecule has 0 aromatic heterocycles. The monoisotopic (exact) mass is 331 g/mol. The summed E-state index contributed by atoms with van der Waals surface area (Å²) in [7, 11) is 0. The second kappa shape index (κ2) is 7.02. The number of carboxylic acids is 1.